The molecule has 102 valence electrons. The van der Waals surface area contributed by atoms with E-state index in [9.17, 15) is 19.2 Å². The molecule has 1 heterocycles. The van der Waals surface area contributed by atoms with Crippen LogP contribution in [0.1, 0.15) is 19.3 Å². The third-order valence-corrected chi connectivity index (χ3v) is 2.05. The fraction of sp³-hybridized carbons (Fsp3) is 0.600. The Kier molecular flexibility index (Phi) is 6.58. The lowest BCUT2D eigenvalue weighted by atomic mass is 10.2. The number of ether oxygens (including phenoxy) is 1. The largest absolute Gasteiger partial charge is 0.481 e. The molecule has 1 rings (SSSR count). The number of carbonyl (C=O) groups excluding carboxylic acids is 2. The minimum atomic E-state index is -1.59. The molecule has 0 aliphatic carbocycles. The molecule has 2 N–H and O–H groups in total. The van der Waals surface area contributed by atoms with Crippen LogP contribution in [0.25, 0.3) is 0 Å². The lowest BCUT2D eigenvalue weighted by Crippen LogP contribution is -2.45. The van der Waals surface area contributed by atoms with Crippen LogP contribution in [-0.4, -0.2) is 59.1 Å². The molecule has 1 atom stereocenters. The average molecular weight is 261 g/mol. The van der Waals surface area contributed by atoms with Gasteiger partial charge >= 0.3 is 11.9 Å². The zero-order valence-electron chi connectivity index (χ0n) is 10.1. The van der Waals surface area contributed by atoms with Crippen molar-refractivity contribution < 1.29 is 34.1 Å². The summed E-state index contributed by atoms with van der Waals surface area (Å²) in [5, 5.41) is 17.2. The first kappa shape index (κ1) is 16.0. The van der Waals surface area contributed by atoms with E-state index >= 15 is 0 Å². The van der Waals surface area contributed by atoms with Crippen LogP contribution in [0.2, 0.25) is 0 Å². The van der Waals surface area contributed by atoms with E-state index in [0.717, 1.165) is 0 Å². The maximum atomic E-state index is 11.2. The minimum Gasteiger partial charge on any atom is -0.481 e. The van der Waals surface area contributed by atoms with Crippen LogP contribution in [0, 0.1) is 0 Å². The molecular weight excluding hydrogens is 246 g/mol. The number of imide groups is 1. The first-order valence-corrected chi connectivity index (χ1v) is 5.04. The number of methoxy groups -OCH3 is 1. The van der Waals surface area contributed by atoms with Crippen molar-refractivity contribution in [1.29, 1.82) is 0 Å². The molecular formula is C10H15NO7. The molecule has 18 heavy (non-hydrogen) atoms. The average Bonchev–Trinajstić information content (AvgIpc) is 2.56. The molecule has 8 nitrogen and oxygen atoms in total. The van der Waals surface area contributed by atoms with Gasteiger partial charge < -0.3 is 14.9 Å². The molecule has 1 unspecified atom stereocenters. The summed E-state index contributed by atoms with van der Waals surface area (Å²) < 4.78 is 4.25. The molecule has 0 spiro atoms. The van der Waals surface area contributed by atoms with Gasteiger partial charge in [0, 0.05) is 27.1 Å². The Morgan fingerprint density at radius 2 is 1.61 bits per heavy atom. The van der Waals surface area contributed by atoms with Crippen LogP contribution in [0.15, 0.2) is 0 Å². The Bertz CT molecular complexity index is 336. The van der Waals surface area contributed by atoms with Gasteiger partial charge in [0.2, 0.25) is 11.8 Å². The van der Waals surface area contributed by atoms with E-state index in [4.69, 9.17) is 10.2 Å². The van der Waals surface area contributed by atoms with Crippen LogP contribution in [-0.2, 0) is 23.9 Å². The van der Waals surface area contributed by atoms with Crippen molar-refractivity contribution in [3.8, 4) is 0 Å². The smallest absolute Gasteiger partial charge is 0.327 e. The predicted molar refractivity (Wildman–Crippen MR) is 57.7 cm³/mol. The summed E-state index contributed by atoms with van der Waals surface area (Å²) in [6, 6.07) is -1.59. The lowest BCUT2D eigenvalue weighted by Gasteiger charge is -2.20. The van der Waals surface area contributed by atoms with Gasteiger partial charge in [0.05, 0.1) is 6.42 Å². The highest BCUT2D eigenvalue weighted by atomic mass is 16.4. The van der Waals surface area contributed by atoms with E-state index in [1.807, 2.05) is 0 Å². The van der Waals surface area contributed by atoms with Crippen molar-refractivity contribution in [3.05, 3.63) is 0 Å². The topological polar surface area (TPSA) is 121 Å². The molecule has 0 aromatic rings. The minimum absolute atomic E-state index is 0.0533. The zero-order chi connectivity index (χ0) is 14.3. The van der Waals surface area contributed by atoms with Crippen molar-refractivity contribution in [1.82, 2.24) is 4.90 Å². The number of carbonyl (C=O) groups is 4. The van der Waals surface area contributed by atoms with Crippen molar-refractivity contribution in [3.63, 3.8) is 0 Å². The standard InChI is InChI=1S/C8H9NO6.C2H6O/c10-5-1-2-6(11)9(5)4(8(14)15)3-7(12)13;1-3-2/h4H,1-3H2,(H,12,13)(H,14,15);1-2H3. The number of carboxylic acids is 2. The Balaban J connectivity index is 0.000000873. The molecule has 2 amide bonds. The monoisotopic (exact) mass is 261 g/mol. The van der Waals surface area contributed by atoms with E-state index in [0.29, 0.717) is 4.90 Å². The van der Waals surface area contributed by atoms with Crippen molar-refractivity contribution in [2.24, 2.45) is 0 Å². The second-order valence-electron chi connectivity index (χ2n) is 3.52. The van der Waals surface area contributed by atoms with Crippen LogP contribution in [0.3, 0.4) is 0 Å². The maximum Gasteiger partial charge on any atom is 0.327 e. The number of hydrogen-bond acceptors (Lipinski definition) is 5. The first-order chi connectivity index (χ1) is 8.34. The summed E-state index contributed by atoms with van der Waals surface area (Å²) in [7, 11) is 3.25. The molecule has 1 aliphatic heterocycles. The summed E-state index contributed by atoms with van der Waals surface area (Å²) in [5.74, 6) is -4.11. The lowest BCUT2D eigenvalue weighted by molar-refractivity contribution is -0.157. The highest BCUT2D eigenvalue weighted by Crippen LogP contribution is 2.17. The van der Waals surface area contributed by atoms with Gasteiger partial charge in [-0.15, -0.1) is 0 Å². The molecule has 0 aromatic heterocycles. The quantitative estimate of drug-likeness (QED) is 0.643. The SMILES string of the molecule is COC.O=C(O)CC(C(=O)O)N1C(=O)CCC1=O. The number of amides is 2. The highest BCUT2D eigenvalue weighted by Gasteiger charge is 2.39. The van der Waals surface area contributed by atoms with Crippen molar-refractivity contribution in [2.45, 2.75) is 25.3 Å². The number of carboxylic acid groups (broad SMARTS) is 2. The summed E-state index contributed by atoms with van der Waals surface area (Å²) >= 11 is 0. The van der Waals surface area contributed by atoms with E-state index in [1.165, 1.54) is 0 Å². The molecule has 0 radical (unpaired) electrons. The Labute approximate surface area is 103 Å². The predicted octanol–water partition coefficient (Wildman–Crippen LogP) is -0.674. The summed E-state index contributed by atoms with van der Waals surface area (Å²) in [5.41, 5.74) is 0. The molecule has 1 fully saturated rings. The Morgan fingerprint density at radius 1 is 1.22 bits per heavy atom. The van der Waals surface area contributed by atoms with Gasteiger partial charge in [0.25, 0.3) is 0 Å². The van der Waals surface area contributed by atoms with Crippen molar-refractivity contribution in [2.75, 3.05) is 14.2 Å². The van der Waals surface area contributed by atoms with Crippen molar-refractivity contribution >= 4 is 23.8 Å². The van der Waals surface area contributed by atoms with Crippen LogP contribution in [0.4, 0.5) is 0 Å². The molecule has 0 bridgehead atoms. The Hall–Kier alpha value is -1.96. The third kappa shape index (κ3) is 4.50. The number of aliphatic carboxylic acids is 2. The number of hydrogen-bond donors (Lipinski definition) is 2. The van der Waals surface area contributed by atoms with Crippen LogP contribution >= 0.6 is 0 Å². The van der Waals surface area contributed by atoms with Crippen LogP contribution < -0.4 is 0 Å². The normalized spacial score (nSPS) is 16.0. The molecule has 0 saturated carbocycles. The van der Waals surface area contributed by atoms with Gasteiger partial charge in [-0.05, 0) is 0 Å². The number of rotatable bonds is 4. The van der Waals surface area contributed by atoms with Crippen LogP contribution in [0.5, 0.6) is 0 Å². The Morgan fingerprint density at radius 3 is 1.89 bits per heavy atom. The summed E-state index contributed by atoms with van der Waals surface area (Å²) in [6.45, 7) is 0. The molecule has 1 aliphatic rings. The van der Waals surface area contributed by atoms with Gasteiger partial charge in [-0.3, -0.25) is 19.3 Å². The highest BCUT2D eigenvalue weighted by molar-refractivity contribution is 6.05. The second-order valence-corrected chi connectivity index (χ2v) is 3.52. The van der Waals surface area contributed by atoms with Gasteiger partial charge in [0.1, 0.15) is 6.04 Å². The van der Waals surface area contributed by atoms with E-state index in [2.05, 4.69) is 4.74 Å². The fourth-order valence-electron chi connectivity index (χ4n) is 1.40. The molecule has 0 aromatic carbocycles. The molecule has 1 saturated heterocycles. The summed E-state index contributed by atoms with van der Waals surface area (Å²) in [4.78, 5) is 43.9. The third-order valence-electron chi connectivity index (χ3n) is 2.05. The van der Waals surface area contributed by atoms with Gasteiger partial charge in [0.15, 0.2) is 0 Å². The van der Waals surface area contributed by atoms with Gasteiger partial charge in [-0.2, -0.15) is 0 Å². The van der Waals surface area contributed by atoms with E-state index in [-0.39, 0.29) is 12.8 Å². The maximum absolute atomic E-state index is 11.2. The van der Waals surface area contributed by atoms with Gasteiger partial charge in [-0.25, -0.2) is 4.79 Å². The van der Waals surface area contributed by atoms with Gasteiger partial charge in [-0.1, -0.05) is 0 Å². The van der Waals surface area contributed by atoms with E-state index < -0.39 is 36.2 Å². The fourth-order valence-corrected chi connectivity index (χ4v) is 1.40. The van der Waals surface area contributed by atoms with E-state index in [1.54, 1.807) is 14.2 Å². The summed E-state index contributed by atoms with van der Waals surface area (Å²) in [6.07, 6.45) is -0.878. The zero-order valence-corrected chi connectivity index (χ0v) is 10.1. The number of nitrogens with zero attached hydrogens (tertiary/aromatic N) is 1. The second kappa shape index (κ2) is 7.38. The first-order valence-electron chi connectivity index (χ1n) is 5.04. The number of likely N-dealkylation sites (tertiary alicyclic amines) is 1. The molecule has 8 heteroatoms.